The van der Waals surface area contributed by atoms with E-state index in [2.05, 4.69) is 85.9 Å². The minimum absolute atomic E-state index is 0.412. The minimum atomic E-state index is -2.31. The molecule has 24 heavy (non-hydrogen) atoms. The van der Waals surface area contributed by atoms with E-state index < -0.39 is 42.3 Å². The van der Waals surface area contributed by atoms with Crippen molar-refractivity contribution in [2.75, 3.05) is 0 Å². The topological polar surface area (TPSA) is 36.9 Å². The zero-order chi connectivity index (χ0) is 19.6. The van der Waals surface area contributed by atoms with E-state index in [9.17, 15) is 0 Å². The van der Waals surface area contributed by atoms with Gasteiger partial charge in [-0.15, -0.1) is 0 Å². The van der Waals surface area contributed by atoms with Crippen molar-refractivity contribution in [2.24, 2.45) is 5.92 Å². The summed E-state index contributed by atoms with van der Waals surface area (Å²) in [7, 11) is -10.1. The quantitative estimate of drug-likeness (QED) is 0.423. The van der Waals surface area contributed by atoms with Gasteiger partial charge in [0.1, 0.15) is 0 Å². The second-order valence-electron chi connectivity index (χ2n) is 9.79. The van der Waals surface area contributed by atoms with Crippen LogP contribution >= 0.6 is 0 Å². The van der Waals surface area contributed by atoms with E-state index in [4.69, 9.17) is 16.5 Å². The maximum absolute atomic E-state index is 6.54. The predicted octanol–water partition coefficient (Wildman–Crippen LogP) is 5.67. The third-order valence-electron chi connectivity index (χ3n) is 2.90. The molecule has 0 amide bonds. The van der Waals surface area contributed by atoms with Gasteiger partial charge in [0, 0.05) is 0 Å². The Morgan fingerprint density at radius 2 is 0.958 bits per heavy atom. The van der Waals surface area contributed by atoms with Gasteiger partial charge in [-0.1, -0.05) is 13.8 Å². The molecule has 0 aromatic heterocycles. The van der Waals surface area contributed by atoms with E-state index in [0.717, 1.165) is 6.04 Å². The van der Waals surface area contributed by atoms with Gasteiger partial charge in [0.15, 0.2) is 16.6 Å². The third-order valence-corrected chi connectivity index (χ3v) is 21.0. The van der Waals surface area contributed by atoms with Gasteiger partial charge in [0.25, 0.3) is 0 Å². The molecule has 0 spiro atoms. The fraction of sp³-hybridized carbons (Fsp3) is 0.933. The summed E-state index contributed by atoms with van der Waals surface area (Å²) < 4.78 is 25.8. The molecule has 0 fully saturated rings. The Bertz CT molecular complexity index is 403. The predicted molar refractivity (Wildman–Crippen MR) is 117 cm³/mol. The Balaban J connectivity index is 4.94. The lowest BCUT2D eigenvalue weighted by Gasteiger charge is -2.42. The van der Waals surface area contributed by atoms with Crippen molar-refractivity contribution in [3.8, 4) is 0 Å². The van der Waals surface area contributed by atoms with Crippen molar-refractivity contribution in [2.45, 2.75) is 85.0 Å². The smallest absolute Gasteiger partial charge is 0.314 e. The molecule has 1 unspecified atom stereocenters. The van der Waals surface area contributed by atoms with E-state index in [1.165, 1.54) is 0 Å². The highest BCUT2D eigenvalue weighted by Gasteiger charge is 2.45. The molecule has 0 aromatic carbocycles. The zero-order valence-electron chi connectivity index (χ0n) is 18.1. The van der Waals surface area contributed by atoms with Gasteiger partial charge < -0.3 is 16.5 Å². The summed E-state index contributed by atoms with van der Waals surface area (Å²) in [5, 5.41) is 0. The lowest BCUT2D eigenvalue weighted by molar-refractivity contribution is 0.298. The highest BCUT2D eigenvalue weighted by molar-refractivity contribution is 6.90. The SMILES string of the molecule is [CH2]C(C)C[Si](C)(C)O[Si](C)(C)O[Si](C)(C)O[Si](C)(C)O[Si](C)(C)C. The molecule has 1 radical (unpaired) electrons. The van der Waals surface area contributed by atoms with E-state index >= 15 is 0 Å². The monoisotopic (exact) mass is 425 g/mol. The molecular formula is C15H41O4Si5. The molecule has 0 aromatic rings. The molecule has 0 N–H and O–H groups in total. The number of rotatable bonds is 10. The largest absolute Gasteiger partial charge is 0.437 e. The lowest BCUT2D eigenvalue weighted by atomic mass is 10.3. The molecule has 0 saturated heterocycles. The standard InChI is InChI=1S/C15H41O4Si5/c1-15(2)14-21(6,7)17-23(10,11)19-24(12,13)18-22(8,9)16-20(3,4)5/h15H,1,14H2,2-13H3. The molecule has 0 saturated carbocycles. The normalized spacial score (nSPS) is 15.2. The molecule has 0 heterocycles. The fourth-order valence-electron chi connectivity index (χ4n) is 3.53. The van der Waals surface area contributed by atoms with Crippen molar-refractivity contribution in [3.63, 3.8) is 0 Å². The van der Waals surface area contributed by atoms with Crippen LogP contribution in [0, 0.1) is 12.8 Å². The van der Waals surface area contributed by atoms with Crippen LogP contribution < -0.4 is 0 Å². The molecule has 0 bridgehead atoms. The van der Waals surface area contributed by atoms with Crippen LogP contribution in [0.3, 0.4) is 0 Å². The summed E-state index contributed by atoms with van der Waals surface area (Å²) in [6.45, 7) is 30.2. The van der Waals surface area contributed by atoms with Crippen molar-refractivity contribution >= 4 is 42.3 Å². The van der Waals surface area contributed by atoms with Crippen molar-refractivity contribution in [3.05, 3.63) is 6.92 Å². The van der Waals surface area contributed by atoms with Crippen LogP contribution in [0.4, 0.5) is 0 Å². The molecule has 0 aliphatic heterocycles. The van der Waals surface area contributed by atoms with Gasteiger partial charge in [0.2, 0.25) is 0 Å². The Morgan fingerprint density at radius 3 is 1.29 bits per heavy atom. The van der Waals surface area contributed by atoms with Crippen molar-refractivity contribution < 1.29 is 16.5 Å². The van der Waals surface area contributed by atoms with Crippen LogP contribution in [-0.4, -0.2) is 42.3 Å². The summed E-state index contributed by atoms with van der Waals surface area (Å²) in [5.41, 5.74) is 0. The Morgan fingerprint density at radius 1 is 0.625 bits per heavy atom. The summed E-state index contributed by atoms with van der Waals surface area (Å²) in [4.78, 5) is 0. The van der Waals surface area contributed by atoms with Gasteiger partial charge in [-0.2, -0.15) is 0 Å². The van der Waals surface area contributed by atoms with Gasteiger partial charge in [-0.3, -0.25) is 0 Å². The number of hydrogen-bond acceptors (Lipinski definition) is 4. The average Bonchev–Trinajstić information content (AvgIpc) is 2.00. The van der Waals surface area contributed by atoms with Crippen LogP contribution in [0.25, 0.3) is 0 Å². The second-order valence-corrected chi connectivity index (χ2v) is 29.6. The first kappa shape index (κ1) is 24.9. The van der Waals surface area contributed by atoms with Crippen molar-refractivity contribution in [1.29, 1.82) is 0 Å². The number of hydrogen-bond donors (Lipinski definition) is 0. The summed E-state index contributed by atoms with van der Waals surface area (Å²) in [6, 6.07) is 1.05. The van der Waals surface area contributed by atoms with E-state index in [-0.39, 0.29) is 0 Å². The third kappa shape index (κ3) is 12.3. The molecule has 9 heteroatoms. The van der Waals surface area contributed by atoms with Crippen molar-refractivity contribution in [1.82, 2.24) is 0 Å². The Hall–Kier alpha value is 0.924. The van der Waals surface area contributed by atoms with Gasteiger partial charge >= 0.3 is 25.7 Å². The highest BCUT2D eigenvalue weighted by Crippen LogP contribution is 2.28. The van der Waals surface area contributed by atoms with Gasteiger partial charge in [-0.25, -0.2) is 0 Å². The first-order valence-electron chi connectivity index (χ1n) is 8.88. The maximum atomic E-state index is 6.54. The Labute approximate surface area is 156 Å². The molecule has 0 aliphatic carbocycles. The summed E-state index contributed by atoms with van der Waals surface area (Å²) >= 11 is 0. The van der Waals surface area contributed by atoms with Gasteiger partial charge in [-0.05, 0) is 84.0 Å². The van der Waals surface area contributed by atoms with Crippen LogP contribution in [0.5, 0.6) is 0 Å². The van der Waals surface area contributed by atoms with E-state index in [1.54, 1.807) is 0 Å². The van der Waals surface area contributed by atoms with Crippen LogP contribution in [0.2, 0.25) is 78.1 Å². The summed E-state index contributed by atoms with van der Waals surface area (Å²) in [5.74, 6) is 0.412. The molecule has 145 valence electrons. The fourth-order valence-corrected chi connectivity index (χ4v) is 27.9. The highest BCUT2D eigenvalue weighted by atomic mass is 28.5. The Kier molecular flexibility index (Phi) is 8.62. The second kappa shape index (κ2) is 8.30. The van der Waals surface area contributed by atoms with E-state index in [0.29, 0.717) is 5.92 Å². The molecular weight excluding hydrogens is 385 g/mol. The first-order chi connectivity index (χ1) is 10.2. The molecule has 1 atom stereocenters. The maximum Gasteiger partial charge on any atom is 0.314 e. The molecule has 0 rings (SSSR count). The average molecular weight is 426 g/mol. The zero-order valence-corrected chi connectivity index (χ0v) is 23.1. The molecule has 0 aliphatic rings. The van der Waals surface area contributed by atoms with Crippen LogP contribution in [-0.2, 0) is 16.5 Å². The lowest BCUT2D eigenvalue weighted by Crippen LogP contribution is -2.58. The summed E-state index contributed by atoms with van der Waals surface area (Å²) in [6.07, 6.45) is 0. The minimum Gasteiger partial charge on any atom is -0.437 e. The first-order valence-corrected chi connectivity index (χ1v) is 23.9. The van der Waals surface area contributed by atoms with Crippen LogP contribution in [0.15, 0.2) is 0 Å². The molecule has 4 nitrogen and oxygen atoms in total. The van der Waals surface area contributed by atoms with Gasteiger partial charge in [0.05, 0.1) is 0 Å². The van der Waals surface area contributed by atoms with E-state index in [1.807, 2.05) is 0 Å². The van der Waals surface area contributed by atoms with Crippen LogP contribution in [0.1, 0.15) is 6.92 Å².